The zero-order chi connectivity index (χ0) is 8.53. The highest BCUT2D eigenvalue weighted by molar-refractivity contribution is 5.65. The van der Waals surface area contributed by atoms with Crippen molar-refractivity contribution in [1.29, 1.82) is 0 Å². The molecule has 11 heavy (non-hydrogen) atoms. The maximum Gasteiger partial charge on any atom is 0.302 e. The van der Waals surface area contributed by atoms with Crippen LogP contribution in [0.2, 0.25) is 0 Å². The van der Waals surface area contributed by atoms with Gasteiger partial charge in [-0.15, -0.1) is 0 Å². The number of hydrogen-bond donors (Lipinski definition) is 0. The second-order valence-electron chi connectivity index (χ2n) is 1.88. The van der Waals surface area contributed by atoms with E-state index >= 15 is 0 Å². The number of carbonyl (C=O) groups is 1. The van der Waals surface area contributed by atoms with Gasteiger partial charge in [0.05, 0.1) is 0 Å². The molecule has 0 fully saturated rings. The molecule has 0 saturated carbocycles. The van der Waals surface area contributed by atoms with Gasteiger partial charge in [-0.3, -0.25) is 4.79 Å². The first-order valence-corrected chi connectivity index (χ1v) is 3.35. The fraction of sp³-hybridized carbons (Fsp3) is 0.625. The fourth-order valence-electron chi connectivity index (χ4n) is 0.457. The van der Waals surface area contributed by atoms with Crippen molar-refractivity contribution < 1.29 is 14.3 Å². The summed E-state index contributed by atoms with van der Waals surface area (Å²) in [5.41, 5.74) is 0. The third kappa shape index (κ3) is 8.99. The summed E-state index contributed by atoms with van der Waals surface area (Å²) in [7, 11) is 1.58. The number of esters is 1. The summed E-state index contributed by atoms with van der Waals surface area (Å²) in [5.74, 6) is 5.27. The lowest BCUT2D eigenvalue weighted by Gasteiger charge is -1.94. The highest BCUT2D eigenvalue weighted by atomic mass is 16.5. The lowest BCUT2D eigenvalue weighted by Crippen LogP contribution is -1.99. The molecule has 0 aromatic rings. The van der Waals surface area contributed by atoms with Crippen LogP contribution < -0.4 is 0 Å². The van der Waals surface area contributed by atoms with Gasteiger partial charge in [0.2, 0.25) is 0 Å². The van der Waals surface area contributed by atoms with Crippen molar-refractivity contribution in [2.75, 3.05) is 20.3 Å². The first kappa shape index (κ1) is 9.99. The Morgan fingerprint density at radius 1 is 1.45 bits per heavy atom. The monoisotopic (exact) mass is 156 g/mol. The molecule has 0 bridgehead atoms. The number of hydrogen-bond acceptors (Lipinski definition) is 3. The molecule has 0 rings (SSSR count). The predicted octanol–water partition coefficient (Wildman–Crippen LogP) is 0.589. The van der Waals surface area contributed by atoms with Crippen LogP contribution in [0.15, 0.2) is 0 Å². The van der Waals surface area contributed by atoms with Crippen molar-refractivity contribution in [2.45, 2.75) is 13.3 Å². The van der Waals surface area contributed by atoms with Crippen LogP contribution in [0.4, 0.5) is 0 Å². The van der Waals surface area contributed by atoms with Crippen LogP contribution in [-0.2, 0) is 14.3 Å². The van der Waals surface area contributed by atoms with Crippen LogP contribution in [0.1, 0.15) is 13.3 Å². The molecule has 0 saturated heterocycles. The molecule has 0 atom stereocenters. The van der Waals surface area contributed by atoms with Crippen LogP contribution in [-0.4, -0.2) is 26.3 Å². The molecule has 3 nitrogen and oxygen atoms in total. The van der Waals surface area contributed by atoms with Crippen molar-refractivity contribution in [2.24, 2.45) is 0 Å². The van der Waals surface area contributed by atoms with Gasteiger partial charge in [-0.05, 0) is 0 Å². The molecule has 62 valence electrons. The van der Waals surface area contributed by atoms with Gasteiger partial charge in [0.15, 0.2) is 0 Å². The highest BCUT2D eigenvalue weighted by Crippen LogP contribution is 1.80. The molecule has 0 aromatic carbocycles. The molecule has 0 unspecified atom stereocenters. The Labute approximate surface area is 66.7 Å². The second kappa shape index (κ2) is 7.10. The van der Waals surface area contributed by atoms with Gasteiger partial charge in [0, 0.05) is 20.5 Å². The molecule has 0 N–H and O–H groups in total. The van der Waals surface area contributed by atoms with Gasteiger partial charge >= 0.3 is 5.97 Å². The van der Waals surface area contributed by atoms with Crippen molar-refractivity contribution >= 4 is 5.97 Å². The zero-order valence-corrected chi connectivity index (χ0v) is 6.85. The Kier molecular flexibility index (Phi) is 6.45. The molecule has 0 aliphatic rings. The van der Waals surface area contributed by atoms with E-state index in [2.05, 4.69) is 21.3 Å². The maximum absolute atomic E-state index is 10.2. The van der Waals surface area contributed by atoms with Gasteiger partial charge in [-0.2, -0.15) is 0 Å². The minimum absolute atomic E-state index is 0.265. The van der Waals surface area contributed by atoms with E-state index < -0.39 is 0 Å². The lowest BCUT2D eigenvalue weighted by atomic mass is 10.4. The molecule has 0 spiro atoms. The molecule has 0 aromatic heterocycles. The standard InChI is InChI=1S/C8H12O3/c1-8(9)11-7-5-3-4-6-10-2/h5-7H2,1-2H3. The summed E-state index contributed by atoms with van der Waals surface area (Å²) in [6, 6.07) is 0. The SMILES string of the molecule is COCC#CCCOC(C)=O. The third-order valence-corrected chi connectivity index (χ3v) is 0.874. The lowest BCUT2D eigenvalue weighted by molar-refractivity contribution is -0.140. The molecular formula is C8H12O3. The number of methoxy groups -OCH3 is 1. The Hall–Kier alpha value is -1.01. The molecule has 0 radical (unpaired) electrons. The minimum Gasteiger partial charge on any atom is -0.465 e. The topological polar surface area (TPSA) is 35.5 Å². The number of rotatable bonds is 3. The highest BCUT2D eigenvalue weighted by Gasteiger charge is 1.87. The van der Waals surface area contributed by atoms with Crippen LogP contribution in [0, 0.1) is 11.8 Å². The Morgan fingerprint density at radius 2 is 2.18 bits per heavy atom. The largest absolute Gasteiger partial charge is 0.465 e. The molecule has 0 amide bonds. The maximum atomic E-state index is 10.2. The molecule has 3 heteroatoms. The van der Waals surface area contributed by atoms with Crippen LogP contribution in [0.5, 0.6) is 0 Å². The fourth-order valence-corrected chi connectivity index (χ4v) is 0.457. The predicted molar refractivity (Wildman–Crippen MR) is 40.9 cm³/mol. The summed E-state index contributed by atoms with van der Waals surface area (Å²) in [6.07, 6.45) is 0.572. The molecule has 0 heterocycles. The van der Waals surface area contributed by atoms with E-state index in [1.165, 1.54) is 6.92 Å². The average Bonchev–Trinajstić information content (AvgIpc) is 1.96. The summed E-state index contributed by atoms with van der Waals surface area (Å²) >= 11 is 0. The van der Waals surface area contributed by atoms with E-state index in [1.54, 1.807) is 7.11 Å². The van der Waals surface area contributed by atoms with Gasteiger partial charge in [0.25, 0.3) is 0 Å². The smallest absolute Gasteiger partial charge is 0.302 e. The Bertz CT molecular complexity index is 164. The Balaban J connectivity index is 3.15. The van der Waals surface area contributed by atoms with Crippen LogP contribution >= 0.6 is 0 Å². The van der Waals surface area contributed by atoms with E-state index in [-0.39, 0.29) is 5.97 Å². The van der Waals surface area contributed by atoms with E-state index in [0.29, 0.717) is 19.6 Å². The summed E-state index contributed by atoms with van der Waals surface area (Å²) in [4.78, 5) is 10.2. The minimum atomic E-state index is -0.265. The molecular weight excluding hydrogens is 144 g/mol. The zero-order valence-electron chi connectivity index (χ0n) is 6.85. The first-order valence-electron chi connectivity index (χ1n) is 3.35. The van der Waals surface area contributed by atoms with Gasteiger partial charge in [-0.1, -0.05) is 11.8 Å². The van der Waals surface area contributed by atoms with Crippen LogP contribution in [0.3, 0.4) is 0 Å². The second-order valence-corrected chi connectivity index (χ2v) is 1.88. The van der Waals surface area contributed by atoms with Crippen molar-refractivity contribution in [3.8, 4) is 11.8 Å². The normalized spacial score (nSPS) is 8.18. The summed E-state index contributed by atoms with van der Waals surface area (Å²) in [6.45, 7) is 2.18. The quantitative estimate of drug-likeness (QED) is 0.341. The molecule has 0 aliphatic carbocycles. The van der Waals surface area contributed by atoms with E-state index in [0.717, 1.165) is 0 Å². The first-order chi connectivity index (χ1) is 5.27. The average molecular weight is 156 g/mol. The number of ether oxygens (including phenoxy) is 2. The van der Waals surface area contributed by atoms with E-state index in [4.69, 9.17) is 0 Å². The van der Waals surface area contributed by atoms with Crippen LogP contribution in [0.25, 0.3) is 0 Å². The summed E-state index contributed by atoms with van der Waals surface area (Å²) < 4.78 is 9.33. The summed E-state index contributed by atoms with van der Waals surface area (Å²) in [5, 5.41) is 0. The van der Waals surface area contributed by atoms with Crippen molar-refractivity contribution in [1.82, 2.24) is 0 Å². The van der Waals surface area contributed by atoms with E-state index in [9.17, 15) is 4.79 Å². The van der Waals surface area contributed by atoms with Gasteiger partial charge in [-0.25, -0.2) is 0 Å². The van der Waals surface area contributed by atoms with E-state index in [1.807, 2.05) is 0 Å². The van der Waals surface area contributed by atoms with Crippen molar-refractivity contribution in [3.05, 3.63) is 0 Å². The number of carbonyl (C=O) groups excluding carboxylic acids is 1. The van der Waals surface area contributed by atoms with Gasteiger partial charge < -0.3 is 9.47 Å². The van der Waals surface area contributed by atoms with Gasteiger partial charge in [0.1, 0.15) is 13.2 Å². The third-order valence-electron chi connectivity index (χ3n) is 0.874. The Morgan fingerprint density at radius 3 is 2.73 bits per heavy atom. The molecule has 0 aliphatic heterocycles. The van der Waals surface area contributed by atoms with Crippen molar-refractivity contribution in [3.63, 3.8) is 0 Å².